The molecule has 0 bridgehead atoms. The van der Waals surface area contributed by atoms with Gasteiger partial charge in [-0.2, -0.15) is 0 Å². The Hall–Kier alpha value is -0.990. The molecule has 2 rings (SSSR count). The van der Waals surface area contributed by atoms with Crippen LogP contribution in [-0.4, -0.2) is 52.7 Å². The molecule has 1 aromatic carbocycles. The van der Waals surface area contributed by atoms with Crippen molar-refractivity contribution >= 4 is 10.0 Å². The first-order valence-electron chi connectivity index (χ1n) is 7.02. The zero-order valence-electron chi connectivity index (χ0n) is 12.5. The molecule has 1 aliphatic heterocycles. The van der Waals surface area contributed by atoms with Gasteiger partial charge < -0.3 is 15.0 Å². The lowest BCUT2D eigenvalue weighted by Gasteiger charge is -2.31. The Morgan fingerprint density at radius 1 is 1.43 bits per heavy atom. The number of hydrogen-bond acceptors (Lipinski definition) is 5. The summed E-state index contributed by atoms with van der Waals surface area (Å²) in [4.78, 5) is 2.39. The number of nitrogens with one attached hydrogen (secondary N) is 1. The molecule has 0 spiro atoms. The van der Waals surface area contributed by atoms with Crippen LogP contribution in [0.25, 0.3) is 0 Å². The molecule has 2 atom stereocenters. The maximum Gasteiger partial charge on any atom is 0.238 e. The lowest BCUT2D eigenvalue weighted by Crippen LogP contribution is -2.45. The second-order valence-corrected chi connectivity index (χ2v) is 7.06. The van der Waals surface area contributed by atoms with Gasteiger partial charge in [-0.3, -0.25) is 0 Å². The summed E-state index contributed by atoms with van der Waals surface area (Å²) in [6, 6.07) is 6.76. The largest absolute Gasteiger partial charge is 0.374 e. The van der Waals surface area contributed by atoms with Crippen molar-refractivity contribution in [3.63, 3.8) is 0 Å². The van der Waals surface area contributed by atoms with Gasteiger partial charge in [0.2, 0.25) is 10.0 Å². The molecule has 0 amide bonds. The fourth-order valence-electron chi connectivity index (χ4n) is 2.36. The standard InChI is InChI=1S/C14H23N3O3S/c1-11(16-9-13-10-17(2)7-8-20-13)12-3-5-14(6-4-12)21(15,18)19/h3-6,11,13,16H,7-10H2,1-2H3,(H2,15,18,19). The molecule has 2 unspecified atom stereocenters. The number of hydrogen-bond donors (Lipinski definition) is 2. The van der Waals surface area contributed by atoms with E-state index in [1.54, 1.807) is 12.1 Å². The van der Waals surface area contributed by atoms with Crippen molar-refractivity contribution in [1.29, 1.82) is 0 Å². The van der Waals surface area contributed by atoms with Crippen LogP contribution in [0.4, 0.5) is 0 Å². The zero-order valence-corrected chi connectivity index (χ0v) is 13.3. The molecule has 7 heteroatoms. The van der Waals surface area contributed by atoms with E-state index >= 15 is 0 Å². The SMILES string of the molecule is CC(NCC1CN(C)CCO1)c1ccc(S(N)(=O)=O)cc1. The quantitative estimate of drug-likeness (QED) is 0.817. The van der Waals surface area contributed by atoms with E-state index in [9.17, 15) is 8.42 Å². The van der Waals surface area contributed by atoms with Gasteiger partial charge in [0, 0.05) is 25.7 Å². The molecule has 0 aliphatic carbocycles. The monoisotopic (exact) mass is 313 g/mol. The van der Waals surface area contributed by atoms with Gasteiger partial charge in [-0.05, 0) is 31.7 Å². The molecule has 118 valence electrons. The van der Waals surface area contributed by atoms with Gasteiger partial charge in [0.05, 0.1) is 17.6 Å². The van der Waals surface area contributed by atoms with Crippen molar-refractivity contribution in [2.24, 2.45) is 5.14 Å². The molecule has 21 heavy (non-hydrogen) atoms. The van der Waals surface area contributed by atoms with Crippen LogP contribution < -0.4 is 10.5 Å². The van der Waals surface area contributed by atoms with Gasteiger partial charge in [0.1, 0.15) is 0 Å². The second-order valence-electron chi connectivity index (χ2n) is 5.50. The first kappa shape index (κ1) is 16.4. The molecule has 0 radical (unpaired) electrons. The molecule has 1 saturated heterocycles. The fraction of sp³-hybridized carbons (Fsp3) is 0.571. The number of likely N-dealkylation sites (N-methyl/N-ethyl adjacent to an activating group) is 1. The lowest BCUT2D eigenvalue weighted by atomic mass is 10.1. The van der Waals surface area contributed by atoms with Gasteiger partial charge in [0.15, 0.2) is 0 Å². The van der Waals surface area contributed by atoms with Crippen molar-refractivity contribution in [1.82, 2.24) is 10.2 Å². The number of benzene rings is 1. The average Bonchev–Trinajstić information content (AvgIpc) is 2.44. The Kier molecular flexibility index (Phi) is 5.34. The summed E-state index contributed by atoms with van der Waals surface area (Å²) in [5, 5.41) is 8.50. The van der Waals surface area contributed by atoms with Gasteiger partial charge in [-0.15, -0.1) is 0 Å². The normalized spacial score (nSPS) is 22.1. The predicted molar refractivity (Wildman–Crippen MR) is 81.5 cm³/mol. The summed E-state index contributed by atoms with van der Waals surface area (Å²) in [6.45, 7) is 5.46. The maximum atomic E-state index is 11.2. The highest BCUT2D eigenvalue weighted by Crippen LogP contribution is 2.15. The highest BCUT2D eigenvalue weighted by Gasteiger charge is 2.18. The molecule has 1 aromatic rings. The third-order valence-electron chi connectivity index (χ3n) is 3.70. The minimum absolute atomic E-state index is 0.121. The molecule has 0 saturated carbocycles. The van der Waals surface area contributed by atoms with Crippen LogP contribution >= 0.6 is 0 Å². The van der Waals surface area contributed by atoms with Crippen LogP contribution in [0.3, 0.4) is 0 Å². The average molecular weight is 313 g/mol. The molecule has 3 N–H and O–H groups in total. The summed E-state index contributed by atoms with van der Waals surface area (Å²) in [7, 11) is -1.54. The maximum absolute atomic E-state index is 11.2. The lowest BCUT2D eigenvalue weighted by molar-refractivity contribution is -0.0190. The van der Waals surface area contributed by atoms with Gasteiger partial charge >= 0.3 is 0 Å². The van der Waals surface area contributed by atoms with Gasteiger partial charge in [-0.1, -0.05) is 12.1 Å². The summed E-state index contributed by atoms with van der Waals surface area (Å²) in [5.74, 6) is 0. The fourth-order valence-corrected chi connectivity index (χ4v) is 2.88. The Morgan fingerprint density at radius 3 is 2.67 bits per heavy atom. The van der Waals surface area contributed by atoms with Crippen molar-refractivity contribution in [2.75, 3.05) is 33.3 Å². The predicted octanol–water partition coefficient (Wildman–Crippen LogP) is 0.315. The van der Waals surface area contributed by atoms with E-state index in [1.165, 1.54) is 12.1 Å². The van der Waals surface area contributed by atoms with Crippen molar-refractivity contribution in [2.45, 2.75) is 24.0 Å². The number of nitrogens with zero attached hydrogens (tertiary/aromatic N) is 1. The van der Waals surface area contributed by atoms with Crippen LogP contribution in [0.15, 0.2) is 29.2 Å². The summed E-state index contributed by atoms with van der Waals surface area (Å²) < 4.78 is 28.1. The van der Waals surface area contributed by atoms with Crippen LogP contribution in [0.1, 0.15) is 18.5 Å². The Balaban J connectivity index is 1.89. The Morgan fingerprint density at radius 2 is 2.10 bits per heavy atom. The van der Waals surface area contributed by atoms with E-state index < -0.39 is 10.0 Å². The molecule has 0 aromatic heterocycles. The zero-order chi connectivity index (χ0) is 15.5. The van der Waals surface area contributed by atoms with Crippen LogP contribution in [0, 0.1) is 0 Å². The molecular weight excluding hydrogens is 290 g/mol. The minimum Gasteiger partial charge on any atom is -0.374 e. The highest BCUT2D eigenvalue weighted by molar-refractivity contribution is 7.89. The molecule has 1 fully saturated rings. The third kappa shape index (κ3) is 4.76. The van der Waals surface area contributed by atoms with E-state index in [4.69, 9.17) is 9.88 Å². The molecule has 1 heterocycles. The second kappa shape index (κ2) is 6.85. The van der Waals surface area contributed by atoms with E-state index in [1.807, 2.05) is 6.92 Å². The number of ether oxygens (including phenoxy) is 1. The Bertz CT molecular complexity index is 559. The smallest absolute Gasteiger partial charge is 0.238 e. The third-order valence-corrected chi connectivity index (χ3v) is 4.63. The van der Waals surface area contributed by atoms with E-state index in [-0.39, 0.29) is 17.0 Å². The van der Waals surface area contributed by atoms with Gasteiger partial charge in [0.25, 0.3) is 0 Å². The van der Waals surface area contributed by atoms with E-state index in [0.717, 1.165) is 31.8 Å². The highest BCUT2D eigenvalue weighted by atomic mass is 32.2. The first-order valence-corrected chi connectivity index (χ1v) is 8.57. The number of sulfonamides is 1. The van der Waals surface area contributed by atoms with Gasteiger partial charge in [-0.25, -0.2) is 13.6 Å². The molecule has 1 aliphatic rings. The minimum atomic E-state index is -3.63. The van der Waals surface area contributed by atoms with E-state index in [0.29, 0.717) is 0 Å². The Labute approximate surface area is 126 Å². The topological polar surface area (TPSA) is 84.7 Å². The summed E-state index contributed by atoms with van der Waals surface area (Å²) >= 11 is 0. The van der Waals surface area contributed by atoms with Crippen LogP contribution in [-0.2, 0) is 14.8 Å². The first-order chi connectivity index (χ1) is 9.86. The molecular formula is C14H23N3O3S. The van der Waals surface area contributed by atoms with Crippen LogP contribution in [0.2, 0.25) is 0 Å². The summed E-state index contributed by atoms with van der Waals surface area (Å²) in [5.41, 5.74) is 1.02. The summed E-state index contributed by atoms with van der Waals surface area (Å²) in [6.07, 6.45) is 0.190. The number of morpholine rings is 1. The number of nitrogens with two attached hydrogens (primary N) is 1. The van der Waals surface area contributed by atoms with Crippen molar-refractivity contribution < 1.29 is 13.2 Å². The van der Waals surface area contributed by atoms with Crippen molar-refractivity contribution in [3.05, 3.63) is 29.8 Å². The van der Waals surface area contributed by atoms with Crippen LogP contribution in [0.5, 0.6) is 0 Å². The molecule has 6 nitrogen and oxygen atoms in total. The number of primary sulfonamides is 1. The van der Waals surface area contributed by atoms with E-state index in [2.05, 4.69) is 17.3 Å². The number of rotatable bonds is 5. The van der Waals surface area contributed by atoms with Crippen molar-refractivity contribution in [3.8, 4) is 0 Å².